The number of aliphatic hydroxyl groups excluding tert-OH is 2. The Kier molecular flexibility index (Phi) is 6.21. The molecule has 0 bridgehead atoms. The molecule has 0 saturated heterocycles. The summed E-state index contributed by atoms with van der Waals surface area (Å²) in [6, 6.07) is 3.21. The van der Waals surface area contributed by atoms with Gasteiger partial charge in [0.15, 0.2) is 11.5 Å². The zero-order chi connectivity index (χ0) is 13.5. The van der Waals surface area contributed by atoms with Gasteiger partial charge < -0.3 is 24.4 Å². The second kappa shape index (κ2) is 7.43. The Morgan fingerprint density at radius 2 is 2.00 bits per heavy atom. The first-order valence-corrected chi connectivity index (χ1v) is 5.77. The molecular weight excluding hydrogens is 260 g/mol. The van der Waals surface area contributed by atoms with Crippen LogP contribution in [0.4, 0.5) is 0 Å². The maximum atomic E-state index is 9.49. The summed E-state index contributed by atoms with van der Waals surface area (Å²) in [6.45, 7) is 0.0830. The minimum absolute atomic E-state index is 0.0440. The summed E-state index contributed by atoms with van der Waals surface area (Å²) in [7, 11) is 2.97. The number of ether oxygens (including phenoxy) is 3. The average molecular weight is 277 g/mol. The highest BCUT2D eigenvalue weighted by atomic mass is 35.5. The van der Waals surface area contributed by atoms with Crippen molar-refractivity contribution in [1.82, 2.24) is 0 Å². The minimum Gasteiger partial charge on any atom is -0.493 e. The third-order valence-electron chi connectivity index (χ3n) is 2.25. The standard InChI is InChI=1S/C12H17ClO5/c1-16-6-9(15)7-18-12-10(13)3-8(5-14)4-11(12)17-2/h3-4,9,14-15H,5-7H2,1-2H3. The molecule has 0 spiro atoms. The van der Waals surface area contributed by atoms with Gasteiger partial charge in [0.05, 0.1) is 25.3 Å². The number of methoxy groups -OCH3 is 2. The molecule has 6 heteroatoms. The molecule has 0 radical (unpaired) electrons. The van der Waals surface area contributed by atoms with Crippen molar-refractivity contribution in [2.24, 2.45) is 0 Å². The van der Waals surface area contributed by atoms with Gasteiger partial charge in [0.1, 0.15) is 12.7 Å². The normalized spacial score (nSPS) is 12.3. The fraction of sp³-hybridized carbons (Fsp3) is 0.500. The zero-order valence-corrected chi connectivity index (χ0v) is 11.1. The topological polar surface area (TPSA) is 68.2 Å². The van der Waals surface area contributed by atoms with Crippen LogP contribution in [0.1, 0.15) is 5.56 Å². The molecule has 0 saturated carbocycles. The van der Waals surface area contributed by atoms with Crippen molar-refractivity contribution < 1.29 is 24.4 Å². The quantitative estimate of drug-likeness (QED) is 0.784. The van der Waals surface area contributed by atoms with Crippen LogP contribution in [-0.2, 0) is 11.3 Å². The molecule has 5 nitrogen and oxygen atoms in total. The highest BCUT2D eigenvalue weighted by molar-refractivity contribution is 6.32. The van der Waals surface area contributed by atoms with Crippen molar-refractivity contribution in [1.29, 1.82) is 0 Å². The summed E-state index contributed by atoms with van der Waals surface area (Å²) in [5.41, 5.74) is 0.627. The third kappa shape index (κ3) is 4.03. The van der Waals surface area contributed by atoms with Gasteiger partial charge in [0.2, 0.25) is 0 Å². The second-order valence-corrected chi connectivity index (χ2v) is 4.09. The number of halogens is 1. The van der Waals surface area contributed by atoms with E-state index in [2.05, 4.69) is 0 Å². The average Bonchev–Trinajstić information content (AvgIpc) is 2.36. The molecule has 0 aliphatic heterocycles. The predicted molar refractivity (Wildman–Crippen MR) is 67.3 cm³/mol. The van der Waals surface area contributed by atoms with Crippen LogP contribution in [0.15, 0.2) is 12.1 Å². The predicted octanol–water partition coefficient (Wildman–Crippen LogP) is 1.23. The van der Waals surface area contributed by atoms with Crippen LogP contribution in [0.2, 0.25) is 5.02 Å². The van der Waals surface area contributed by atoms with Gasteiger partial charge in [-0.3, -0.25) is 0 Å². The van der Waals surface area contributed by atoms with Gasteiger partial charge in [-0.05, 0) is 17.7 Å². The Labute approximate surface area is 111 Å². The first-order valence-electron chi connectivity index (χ1n) is 5.39. The molecule has 0 aliphatic rings. The Morgan fingerprint density at radius 3 is 2.56 bits per heavy atom. The van der Waals surface area contributed by atoms with E-state index in [-0.39, 0.29) is 19.8 Å². The Morgan fingerprint density at radius 1 is 1.28 bits per heavy atom. The summed E-state index contributed by atoms with van der Waals surface area (Å²) in [5, 5.41) is 18.9. The van der Waals surface area contributed by atoms with E-state index in [1.165, 1.54) is 14.2 Å². The third-order valence-corrected chi connectivity index (χ3v) is 2.53. The molecule has 0 aliphatic carbocycles. The number of rotatable bonds is 7. The van der Waals surface area contributed by atoms with Gasteiger partial charge in [-0.2, -0.15) is 0 Å². The Hall–Kier alpha value is -1.01. The number of aliphatic hydroxyl groups is 2. The number of hydrogen-bond donors (Lipinski definition) is 2. The monoisotopic (exact) mass is 276 g/mol. The molecule has 1 aromatic carbocycles. The van der Waals surface area contributed by atoms with Gasteiger partial charge in [0.25, 0.3) is 0 Å². The fourth-order valence-electron chi connectivity index (χ4n) is 1.42. The van der Waals surface area contributed by atoms with Gasteiger partial charge in [-0.15, -0.1) is 0 Å². The molecule has 1 atom stereocenters. The van der Waals surface area contributed by atoms with E-state index in [9.17, 15) is 5.11 Å². The molecule has 1 aromatic rings. The molecule has 18 heavy (non-hydrogen) atoms. The van der Waals surface area contributed by atoms with E-state index in [1.54, 1.807) is 12.1 Å². The molecule has 1 rings (SSSR count). The van der Waals surface area contributed by atoms with Crippen LogP contribution in [0.25, 0.3) is 0 Å². The lowest BCUT2D eigenvalue weighted by Gasteiger charge is -2.16. The first kappa shape index (κ1) is 15.0. The summed E-state index contributed by atoms with van der Waals surface area (Å²) >= 11 is 6.02. The zero-order valence-electron chi connectivity index (χ0n) is 10.4. The molecule has 0 amide bonds. The van der Waals surface area contributed by atoms with E-state index >= 15 is 0 Å². The van der Waals surface area contributed by atoms with Gasteiger partial charge in [-0.25, -0.2) is 0 Å². The summed E-state index contributed by atoms with van der Waals surface area (Å²) in [6.07, 6.45) is -0.742. The lowest BCUT2D eigenvalue weighted by molar-refractivity contribution is 0.0319. The first-order chi connectivity index (χ1) is 8.62. The summed E-state index contributed by atoms with van der Waals surface area (Å²) in [5.74, 6) is 0.752. The maximum Gasteiger partial charge on any atom is 0.179 e. The molecule has 1 unspecified atom stereocenters. The minimum atomic E-state index is -0.742. The van der Waals surface area contributed by atoms with Crippen LogP contribution >= 0.6 is 11.6 Å². The summed E-state index contributed by atoms with van der Waals surface area (Å²) in [4.78, 5) is 0. The molecule has 0 heterocycles. The highest BCUT2D eigenvalue weighted by Crippen LogP contribution is 2.36. The lowest BCUT2D eigenvalue weighted by Crippen LogP contribution is -2.22. The van der Waals surface area contributed by atoms with E-state index in [4.69, 9.17) is 30.9 Å². The number of benzene rings is 1. The smallest absolute Gasteiger partial charge is 0.179 e. The Bertz CT molecular complexity index is 383. The van der Waals surface area contributed by atoms with E-state index in [1.807, 2.05) is 0 Å². The van der Waals surface area contributed by atoms with E-state index in [0.717, 1.165) is 0 Å². The van der Waals surface area contributed by atoms with Crippen LogP contribution in [-0.4, -0.2) is 43.8 Å². The highest BCUT2D eigenvalue weighted by Gasteiger charge is 2.13. The largest absolute Gasteiger partial charge is 0.493 e. The SMILES string of the molecule is COCC(O)COc1c(Cl)cc(CO)cc1OC. The van der Waals surface area contributed by atoms with Crippen LogP contribution in [0.5, 0.6) is 11.5 Å². The molecule has 102 valence electrons. The van der Waals surface area contributed by atoms with Gasteiger partial charge >= 0.3 is 0 Å². The molecular formula is C12H17ClO5. The number of hydrogen-bond acceptors (Lipinski definition) is 5. The molecule has 2 N–H and O–H groups in total. The van der Waals surface area contributed by atoms with Crippen molar-refractivity contribution >= 4 is 11.6 Å². The van der Waals surface area contributed by atoms with Gasteiger partial charge in [-0.1, -0.05) is 11.6 Å². The molecule has 0 fully saturated rings. The van der Waals surface area contributed by atoms with Crippen LogP contribution in [0.3, 0.4) is 0 Å². The second-order valence-electron chi connectivity index (χ2n) is 3.69. The maximum absolute atomic E-state index is 9.49. The fourth-order valence-corrected chi connectivity index (χ4v) is 1.71. The van der Waals surface area contributed by atoms with Crippen molar-refractivity contribution in [3.63, 3.8) is 0 Å². The Balaban J connectivity index is 2.81. The van der Waals surface area contributed by atoms with E-state index in [0.29, 0.717) is 22.1 Å². The van der Waals surface area contributed by atoms with Crippen molar-refractivity contribution in [3.8, 4) is 11.5 Å². The van der Waals surface area contributed by atoms with Crippen molar-refractivity contribution in [3.05, 3.63) is 22.7 Å². The van der Waals surface area contributed by atoms with Gasteiger partial charge in [0, 0.05) is 7.11 Å². The van der Waals surface area contributed by atoms with E-state index < -0.39 is 6.10 Å². The van der Waals surface area contributed by atoms with Crippen LogP contribution in [0, 0.1) is 0 Å². The molecule has 0 aromatic heterocycles. The van der Waals surface area contributed by atoms with Crippen LogP contribution < -0.4 is 9.47 Å². The lowest BCUT2D eigenvalue weighted by atomic mass is 10.2. The van der Waals surface area contributed by atoms with Crippen molar-refractivity contribution in [2.45, 2.75) is 12.7 Å². The summed E-state index contributed by atoms with van der Waals surface area (Å²) < 4.78 is 15.3. The van der Waals surface area contributed by atoms with Crippen molar-refractivity contribution in [2.75, 3.05) is 27.4 Å².